The van der Waals surface area contributed by atoms with Crippen LogP contribution in [0.25, 0.3) is 0 Å². The van der Waals surface area contributed by atoms with Crippen molar-refractivity contribution in [2.24, 2.45) is 10.7 Å². The van der Waals surface area contributed by atoms with E-state index in [9.17, 15) is 0 Å². The molecule has 2 aromatic carbocycles. The molecule has 0 heterocycles. The second-order valence-corrected chi connectivity index (χ2v) is 6.66. The summed E-state index contributed by atoms with van der Waals surface area (Å²) in [6.07, 6.45) is 2.10. The molecule has 2 aromatic rings. The molecule has 0 bridgehead atoms. The van der Waals surface area contributed by atoms with Crippen molar-refractivity contribution in [1.29, 1.82) is 0 Å². The zero-order valence-corrected chi connectivity index (χ0v) is 17.3. The van der Waals surface area contributed by atoms with Gasteiger partial charge in [-0.3, -0.25) is 0 Å². The molecule has 0 radical (unpaired) electrons. The van der Waals surface area contributed by atoms with E-state index >= 15 is 0 Å². The predicted molar refractivity (Wildman–Crippen MR) is 114 cm³/mol. The van der Waals surface area contributed by atoms with Crippen molar-refractivity contribution in [2.75, 3.05) is 12.4 Å². The molecular formula is C18H21BrIN3O. The molecule has 24 heavy (non-hydrogen) atoms. The Morgan fingerprint density at radius 2 is 1.75 bits per heavy atom. The first-order valence-electron chi connectivity index (χ1n) is 7.64. The van der Waals surface area contributed by atoms with Gasteiger partial charge in [0.2, 0.25) is 0 Å². The van der Waals surface area contributed by atoms with Crippen LogP contribution < -0.4 is 15.8 Å². The monoisotopic (exact) mass is 501 g/mol. The Bertz CT molecular complexity index is 682. The van der Waals surface area contributed by atoms with E-state index in [1.165, 1.54) is 5.56 Å². The van der Waals surface area contributed by atoms with E-state index in [0.717, 1.165) is 28.8 Å². The van der Waals surface area contributed by atoms with Gasteiger partial charge in [-0.25, -0.2) is 4.99 Å². The van der Waals surface area contributed by atoms with Crippen LogP contribution in [0.2, 0.25) is 0 Å². The SMILES string of the molecule is COc1ccc(NC(N)=NC2CC(c3ccc(Br)cc3)C2)cc1.I. The Kier molecular flexibility index (Phi) is 6.91. The van der Waals surface area contributed by atoms with Crippen LogP contribution >= 0.6 is 39.9 Å². The maximum Gasteiger partial charge on any atom is 0.193 e. The summed E-state index contributed by atoms with van der Waals surface area (Å²) in [6.45, 7) is 0. The topological polar surface area (TPSA) is 59.6 Å². The van der Waals surface area contributed by atoms with Gasteiger partial charge in [0, 0.05) is 10.2 Å². The summed E-state index contributed by atoms with van der Waals surface area (Å²) < 4.78 is 6.25. The first-order valence-corrected chi connectivity index (χ1v) is 8.43. The molecule has 128 valence electrons. The van der Waals surface area contributed by atoms with Crippen molar-refractivity contribution in [3.63, 3.8) is 0 Å². The molecule has 1 fully saturated rings. The van der Waals surface area contributed by atoms with Crippen molar-refractivity contribution >= 4 is 51.6 Å². The average Bonchev–Trinajstić information content (AvgIpc) is 2.52. The van der Waals surface area contributed by atoms with E-state index in [1.54, 1.807) is 7.11 Å². The molecule has 0 spiro atoms. The lowest BCUT2D eigenvalue weighted by Crippen LogP contribution is -2.31. The zero-order chi connectivity index (χ0) is 16.2. The van der Waals surface area contributed by atoms with Gasteiger partial charge >= 0.3 is 0 Å². The minimum atomic E-state index is 0. The van der Waals surface area contributed by atoms with E-state index < -0.39 is 0 Å². The summed E-state index contributed by atoms with van der Waals surface area (Å²) in [5.74, 6) is 1.88. The van der Waals surface area contributed by atoms with Gasteiger partial charge in [0.25, 0.3) is 0 Å². The van der Waals surface area contributed by atoms with Crippen LogP contribution in [0.1, 0.15) is 24.3 Å². The van der Waals surface area contributed by atoms with Crippen molar-refractivity contribution in [2.45, 2.75) is 24.8 Å². The molecule has 0 aromatic heterocycles. The van der Waals surface area contributed by atoms with Crippen LogP contribution in [0.3, 0.4) is 0 Å². The second kappa shape index (κ2) is 8.71. The normalized spacial score (nSPS) is 19.8. The lowest BCUT2D eigenvalue weighted by atomic mass is 9.76. The molecule has 0 unspecified atom stereocenters. The number of methoxy groups -OCH3 is 1. The third-order valence-corrected chi connectivity index (χ3v) is 4.67. The Morgan fingerprint density at radius 3 is 2.33 bits per heavy atom. The number of anilines is 1. The molecular weight excluding hydrogens is 481 g/mol. The Morgan fingerprint density at radius 1 is 1.12 bits per heavy atom. The van der Waals surface area contributed by atoms with Crippen LogP contribution in [0.5, 0.6) is 5.75 Å². The predicted octanol–water partition coefficient (Wildman–Crippen LogP) is 4.75. The minimum Gasteiger partial charge on any atom is -0.497 e. The fourth-order valence-corrected chi connectivity index (χ4v) is 3.02. The molecule has 0 aliphatic heterocycles. The largest absolute Gasteiger partial charge is 0.497 e. The van der Waals surface area contributed by atoms with Gasteiger partial charge < -0.3 is 15.8 Å². The van der Waals surface area contributed by atoms with Crippen LogP contribution in [0, 0.1) is 0 Å². The first-order chi connectivity index (χ1) is 11.1. The number of halogens is 2. The van der Waals surface area contributed by atoms with Gasteiger partial charge in [-0.2, -0.15) is 0 Å². The second-order valence-electron chi connectivity index (χ2n) is 5.74. The highest BCUT2D eigenvalue weighted by atomic mass is 127. The molecule has 0 atom stereocenters. The number of rotatable bonds is 4. The fraction of sp³-hybridized carbons (Fsp3) is 0.278. The number of ether oxygens (including phenoxy) is 1. The lowest BCUT2D eigenvalue weighted by Gasteiger charge is -2.33. The number of hydrogen-bond acceptors (Lipinski definition) is 2. The summed E-state index contributed by atoms with van der Waals surface area (Å²) in [5.41, 5.74) is 8.28. The third kappa shape index (κ3) is 4.86. The number of aliphatic imine (C=N–C) groups is 1. The Hall–Kier alpha value is -1.28. The van der Waals surface area contributed by atoms with Gasteiger partial charge in [-0.15, -0.1) is 24.0 Å². The summed E-state index contributed by atoms with van der Waals surface area (Å²) >= 11 is 3.47. The van der Waals surface area contributed by atoms with Crippen molar-refractivity contribution < 1.29 is 4.74 Å². The quantitative estimate of drug-likeness (QED) is 0.361. The summed E-state index contributed by atoms with van der Waals surface area (Å²) in [6, 6.07) is 16.5. The highest BCUT2D eigenvalue weighted by Crippen LogP contribution is 2.39. The minimum absolute atomic E-state index is 0. The van der Waals surface area contributed by atoms with Crippen molar-refractivity contribution in [3.8, 4) is 5.75 Å². The molecule has 0 saturated heterocycles. The first kappa shape index (κ1) is 19.1. The standard InChI is InChI=1S/C18H20BrN3O.HI/c1-23-17-8-6-15(7-9-17)21-18(20)22-16-10-13(11-16)12-2-4-14(19)5-3-12;/h2-9,13,16H,10-11H2,1H3,(H3,20,21,22);1H. The van der Waals surface area contributed by atoms with E-state index in [2.05, 4.69) is 50.5 Å². The molecule has 3 rings (SSSR count). The van der Waals surface area contributed by atoms with Crippen LogP contribution in [0.15, 0.2) is 58.0 Å². The molecule has 6 heteroatoms. The van der Waals surface area contributed by atoms with Gasteiger partial charge in [0.15, 0.2) is 5.96 Å². The van der Waals surface area contributed by atoms with E-state index in [4.69, 9.17) is 10.5 Å². The molecule has 1 saturated carbocycles. The van der Waals surface area contributed by atoms with Crippen molar-refractivity contribution in [1.82, 2.24) is 0 Å². The highest BCUT2D eigenvalue weighted by Gasteiger charge is 2.30. The summed E-state index contributed by atoms with van der Waals surface area (Å²) in [5, 5.41) is 3.12. The molecule has 3 N–H and O–H groups in total. The van der Waals surface area contributed by atoms with Gasteiger partial charge in [-0.1, -0.05) is 28.1 Å². The lowest BCUT2D eigenvalue weighted by molar-refractivity contribution is 0.353. The van der Waals surface area contributed by atoms with Crippen LogP contribution in [0.4, 0.5) is 5.69 Å². The van der Waals surface area contributed by atoms with Crippen LogP contribution in [-0.4, -0.2) is 19.1 Å². The third-order valence-electron chi connectivity index (χ3n) is 4.14. The number of guanidine groups is 1. The maximum absolute atomic E-state index is 5.99. The number of nitrogens with two attached hydrogens (primary N) is 1. The van der Waals surface area contributed by atoms with Gasteiger partial charge in [0.05, 0.1) is 13.2 Å². The number of nitrogens with one attached hydrogen (secondary N) is 1. The van der Waals surface area contributed by atoms with Crippen molar-refractivity contribution in [3.05, 3.63) is 58.6 Å². The number of nitrogens with zero attached hydrogens (tertiary/aromatic N) is 1. The maximum atomic E-state index is 5.99. The number of hydrogen-bond donors (Lipinski definition) is 2. The molecule has 0 amide bonds. The summed E-state index contributed by atoms with van der Waals surface area (Å²) in [4.78, 5) is 4.56. The van der Waals surface area contributed by atoms with Crippen LogP contribution in [-0.2, 0) is 0 Å². The summed E-state index contributed by atoms with van der Waals surface area (Å²) in [7, 11) is 1.65. The van der Waals surface area contributed by atoms with Gasteiger partial charge in [0.1, 0.15) is 5.75 Å². The molecule has 4 nitrogen and oxygen atoms in total. The average molecular weight is 502 g/mol. The van der Waals surface area contributed by atoms with E-state index in [1.807, 2.05) is 24.3 Å². The van der Waals surface area contributed by atoms with E-state index in [0.29, 0.717) is 17.9 Å². The van der Waals surface area contributed by atoms with Gasteiger partial charge in [-0.05, 0) is 60.7 Å². The molecule has 1 aliphatic carbocycles. The number of benzene rings is 2. The zero-order valence-electron chi connectivity index (χ0n) is 13.4. The fourth-order valence-electron chi connectivity index (χ4n) is 2.75. The Balaban J connectivity index is 0.00000208. The highest BCUT2D eigenvalue weighted by molar-refractivity contribution is 14.0. The van der Waals surface area contributed by atoms with E-state index in [-0.39, 0.29) is 24.0 Å². The smallest absolute Gasteiger partial charge is 0.193 e. The molecule has 1 aliphatic rings. The Labute approximate surface area is 168 Å².